The molecule has 0 aliphatic heterocycles. The Morgan fingerprint density at radius 1 is 1.36 bits per heavy atom. The van der Waals surface area contributed by atoms with Gasteiger partial charge in [0.1, 0.15) is 5.01 Å². The number of hydrogen-bond acceptors (Lipinski definition) is 4. The number of aromatic nitrogens is 1. The van der Waals surface area contributed by atoms with Crippen LogP contribution in [-0.2, 0) is 4.79 Å². The fourth-order valence-corrected chi connectivity index (χ4v) is 3.17. The van der Waals surface area contributed by atoms with Crippen molar-refractivity contribution in [3.63, 3.8) is 0 Å². The summed E-state index contributed by atoms with van der Waals surface area (Å²) >= 11 is 5.08. The molecular weight excluding hydrogens is 364 g/mol. The highest BCUT2D eigenvalue weighted by atomic mass is 79.9. The number of unbranched alkanes of at least 4 members (excludes halogenated alkanes) is 1. The van der Waals surface area contributed by atoms with Gasteiger partial charge in [-0.25, -0.2) is 4.98 Å². The first-order valence-corrected chi connectivity index (χ1v) is 8.90. The van der Waals surface area contributed by atoms with Gasteiger partial charge in [0.25, 0.3) is 0 Å². The molecule has 0 bridgehead atoms. The lowest BCUT2D eigenvalue weighted by Gasteiger charge is -2.10. The predicted octanol–water partition coefficient (Wildman–Crippen LogP) is 4.48. The average molecular weight is 383 g/mol. The molecule has 0 saturated heterocycles. The minimum absolute atomic E-state index is 0.180. The zero-order chi connectivity index (χ0) is 15.9. The minimum atomic E-state index is -0.730. The minimum Gasteiger partial charge on any atom is -0.481 e. The van der Waals surface area contributed by atoms with Crippen molar-refractivity contribution in [2.24, 2.45) is 0 Å². The Bertz CT molecular complexity index is 613. The van der Waals surface area contributed by atoms with Crippen LogP contribution < -0.4 is 5.32 Å². The van der Waals surface area contributed by atoms with E-state index in [0.29, 0.717) is 6.42 Å². The summed E-state index contributed by atoms with van der Waals surface area (Å²) in [4.78, 5) is 15.1. The van der Waals surface area contributed by atoms with E-state index in [2.05, 4.69) is 38.5 Å². The maximum atomic E-state index is 10.4. The second kappa shape index (κ2) is 8.41. The van der Waals surface area contributed by atoms with Gasteiger partial charge in [0, 0.05) is 21.8 Å². The van der Waals surface area contributed by atoms with Gasteiger partial charge in [-0.05, 0) is 38.4 Å². The van der Waals surface area contributed by atoms with Gasteiger partial charge < -0.3 is 10.4 Å². The molecule has 0 aliphatic carbocycles. The molecule has 6 heteroatoms. The van der Waals surface area contributed by atoms with E-state index in [4.69, 9.17) is 5.11 Å². The van der Waals surface area contributed by atoms with Crippen LogP contribution >= 0.6 is 27.3 Å². The molecule has 0 amide bonds. The number of rotatable bonds is 8. The van der Waals surface area contributed by atoms with Crippen molar-refractivity contribution in [3.05, 3.63) is 39.1 Å². The summed E-state index contributed by atoms with van der Waals surface area (Å²) in [5.74, 6) is -0.730. The number of carboxylic acid groups (broad SMARTS) is 1. The molecule has 2 aromatic rings. The van der Waals surface area contributed by atoms with Gasteiger partial charge in [0.2, 0.25) is 0 Å². The topological polar surface area (TPSA) is 62.2 Å². The average Bonchev–Trinajstić information content (AvgIpc) is 2.97. The number of nitrogens with zero attached hydrogens (tertiary/aromatic N) is 1. The summed E-state index contributed by atoms with van der Waals surface area (Å²) in [5.41, 5.74) is 2.10. The van der Waals surface area contributed by atoms with Crippen LogP contribution in [0.25, 0.3) is 11.3 Å². The van der Waals surface area contributed by atoms with Crippen LogP contribution in [0.4, 0.5) is 0 Å². The van der Waals surface area contributed by atoms with E-state index in [1.807, 2.05) is 24.3 Å². The maximum absolute atomic E-state index is 10.4. The molecule has 1 aromatic heterocycles. The van der Waals surface area contributed by atoms with E-state index in [9.17, 15) is 4.79 Å². The van der Waals surface area contributed by atoms with Crippen molar-refractivity contribution in [3.8, 4) is 11.3 Å². The molecule has 0 spiro atoms. The van der Waals surface area contributed by atoms with Crippen LogP contribution in [0.2, 0.25) is 0 Å². The molecule has 1 unspecified atom stereocenters. The van der Waals surface area contributed by atoms with Crippen LogP contribution in [0.1, 0.15) is 37.2 Å². The third-order valence-corrected chi connectivity index (χ3v) is 4.86. The summed E-state index contributed by atoms with van der Waals surface area (Å²) in [5, 5.41) is 15.1. The molecule has 22 heavy (non-hydrogen) atoms. The summed E-state index contributed by atoms with van der Waals surface area (Å²) < 4.78 is 1.06. The molecule has 0 radical (unpaired) electrons. The number of halogens is 1. The summed E-state index contributed by atoms with van der Waals surface area (Å²) in [7, 11) is 0. The predicted molar refractivity (Wildman–Crippen MR) is 93.2 cm³/mol. The Morgan fingerprint density at radius 3 is 2.77 bits per heavy atom. The Kier molecular flexibility index (Phi) is 6.54. The Balaban J connectivity index is 1.85. The third kappa shape index (κ3) is 5.19. The monoisotopic (exact) mass is 382 g/mol. The normalized spacial score (nSPS) is 12.3. The fraction of sp³-hybridized carbons (Fsp3) is 0.375. The quantitative estimate of drug-likeness (QED) is 0.660. The van der Waals surface area contributed by atoms with E-state index in [1.54, 1.807) is 11.3 Å². The van der Waals surface area contributed by atoms with Gasteiger partial charge in [-0.1, -0.05) is 28.1 Å². The number of hydrogen-bond donors (Lipinski definition) is 2. The maximum Gasteiger partial charge on any atom is 0.303 e. The number of carboxylic acids is 1. The van der Waals surface area contributed by atoms with Gasteiger partial charge in [-0.3, -0.25) is 4.79 Å². The largest absolute Gasteiger partial charge is 0.481 e. The number of nitrogens with one attached hydrogen (secondary N) is 1. The van der Waals surface area contributed by atoms with Crippen molar-refractivity contribution in [2.45, 2.75) is 32.2 Å². The van der Waals surface area contributed by atoms with Crippen molar-refractivity contribution < 1.29 is 9.90 Å². The van der Waals surface area contributed by atoms with Crippen LogP contribution in [0, 0.1) is 0 Å². The van der Waals surface area contributed by atoms with Gasteiger partial charge in [-0.2, -0.15) is 0 Å². The van der Waals surface area contributed by atoms with Crippen LogP contribution in [0.15, 0.2) is 34.1 Å². The molecule has 0 aliphatic rings. The molecule has 118 valence electrons. The molecule has 1 aromatic carbocycles. The van der Waals surface area contributed by atoms with E-state index < -0.39 is 5.97 Å². The van der Waals surface area contributed by atoms with E-state index in [0.717, 1.165) is 33.7 Å². The number of benzene rings is 1. The zero-order valence-corrected chi connectivity index (χ0v) is 14.8. The first kappa shape index (κ1) is 17.1. The molecule has 0 saturated carbocycles. The molecule has 1 atom stereocenters. The zero-order valence-electron chi connectivity index (χ0n) is 12.4. The van der Waals surface area contributed by atoms with Crippen molar-refractivity contribution in [1.82, 2.24) is 10.3 Å². The third-order valence-electron chi connectivity index (χ3n) is 3.30. The summed E-state index contributed by atoms with van der Waals surface area (Å²) in [6.45, 7) is 2.89. The molecule has 2 N–H and O–H groups in total. The molecular formula is C16H19BrN2O2S. The first-order chi connectivity index (χ1) is 10.6. The highest BCUT2D eigenvalue weighted by Crippen LogP contribution is 2.26. The van der Waals surface area contributed by atoms with Crippen LogP contribution in [-0.4, -0.2) is 22.6 Å². The number of carbonyl (C=O) groups is 1. The molecule has 4 nitrogen and oxygen atoms in total. The SMILES string of the molecule is CC(NCCCCC(=O)O)c1nc(-c2ccc(Br)cc2)cs1. The lowest BCUT2D eigenvalue weighted by atomic mass is 10.2. The number of thiazole rings is 1. The lowest BCUT2D eigenvalue weighted by Crippen LogP contribution is -2.19. The van der Waals surface area contributed by atoms with Crippen LogP contribution in [0.5, 0.6) is 0 Å². The van der Waals surface area contributed by atoms with Gasteiger partial charge in [0.15, 0.2) is 0 Å². The van der Waals surface area contributed by atoms with Crippen molar-refractivity contribution >= 4 is 33.2 Å². The Hall–Kier alpha value is -1.24. The Morgan fingerprint density at radius 2 is 2.09 bits per heavy atom. The lowest BCUT2D eigenvalue weighted by molar-refractivity contribution is -0.137. The second-order valence-corrected chi connectivity index (χ2v) is 6.91. The fourth-order valence-electron chi connectivity index (χ4n) is 2.05. The van der Waals surface area contributed by atoms with Crippen molar-refractivity contribution in [1.29, 1.82) is 0 Å². The Labute approximate surface area is 142 Å². The number of aliphatic carboxylic acids is 1. The molecule has 1 heterocycles. The standard InChI is InChI=1S/C16H19BrN2O2S/c1-11(18-9-3-2-4-15(20)21)16-19-14(10-22-16)12-5-7-13(17)8-6-12/h5-8,10-11,18H,2-4,9H2,1H3,(H,20,21). The summed E-state index contributed by atoms with van der Waals surface area (Å²) in [6.07, 6.45) is 1.81. The first-order valence-electron chi connectivity index (χ1n) is 7.23. The van der Waals surface area contributed by atoms with Crippen LogP contribution in [0.3, 0.4) is 0 Å². The van der Waals surface area contributed by atoms with Crippen molar-refractivity contribution in [2.75, 3.05) is 6.54 Å². The second-order valence-electron chi connectivity index (χ2n) is 5.10. The van der Waals surface area contributed by atoms with Gasteiger partial charge >= 0.3 is 5.97 Å². The highest BCUT2D eigenvalue weighted by molar-refractivity contribution is 9.10. The molecule has 0 fully saturated rings. The smallest absolute Gasteiger partial charge is 0.303 e. The van der Waals surface area contributed by atoms with E-state index >= 15 is 0 Å². The van der Waals surface area contributed by atoms with E-state index in [1.165, 1.54) is 0 Å². The van der Waals surface area contributed by atoms with E-state index in [-0.39, 0.29) is 12.5 Å². The summed E-state index contributed by atoms with van der Waals surface area (Å²) in [6, 6.07) is 8.30. The molecule has 2 rings (SSSR count). The van der Waals surface area contributed by atoms with Gasteiger partial charge in [0.05, 0.1) is 11.7 Å². The van der Waals surface area contributed by atoms with Gasteiger partial charge in [-0.15, -0.1) is 11.3 Å². The highest BCUT2D eigenvalue weighted by Gasteiger charge is 2.11.